The molecule has 1 atom stereocenters. The zero-order valence-corrected chi connectivity index (χ0v) is 10.3. The largest absolute Gasteiger partial charge is 0.479 e. The summed E-state index contributed by atoms with van der Waals surface area (Å²) in [5.41, 5.74) is -1.92. The van der Waals surface area contributed by atoms with Crippen molar-refractivity contribution in [2.24, 2.45) is 0 Å². The Balaban J connectivity index is 2.08. The summed E-state index contributed by atoms with van der Waals surface area (Å²) < 4.78 is 31.3. The molecule has 0 aliphatic carbocycles. The van der Waals surface area contributed by atoms with Crippen molar-refractivity contribution in [3.63, 3.8) is 0 Å². The van der Waals surface area contributed by atoms with Crippen molar-refractivity contribution >= 4 is 17.7 Å². The van der Waals surface area contributed by atoms with Gasteiger partial charge in [0.05, 0.1) is 12.3 Å². The Morgan fingerprint density at radius 3 is 2.70 bits per heavy atom. The fourth-order valence-electron chi connectivity index (χ4n) is 1.85. The van der Waals surface area contributed by atoms with Crippen LogP contribution in [-0.4, -0.2) is 35.9 Å². The molecule has 0 bridgehead atoms. The number of hydrogen-bond donors (Lipinski definition) is 3. The summed E-state index contributed by atoms with van der Waals surface area (Å²) in [6.45, 7) is 0.0162. The van der Waals surface area contributed by atoms with Gasteiger partial charge in [0.1, 0.15) is 11.6 Å². The summed E-state index contributed by atoms with van der Waals surface area (Å²) in [7, 11) is 0. The van der Waals surface area contributed by atoms with Crippen LogP contribution in [0.5, 0.6) is 0 Å². The SMILES string of the molecule is O=C(Nc1cc(F)ccc1F)NC1(C(=O)O)CCOC1. The lowest BCUT2D eigenvalue weighted by Crippen LogP contribution is -2.56. The van der Waals surface area contributed by atoms with Gasteiger partial charge in [-0.15, -0.1) is 0 Å². The third-order valence-corrected chi connectivity index (χ3v) is 2.96. The van der Waals surface area contributed by atoms with E-state index in [0.29, 0.717) is 0 Å². The predicted octanol–water partition coefficient (Wildman–Crippen LogP) is 1.33. The highest BCUT2D eigenvalue weighted by Crippen LogP contribution is 2.20. The smallest absolute Gasteiger partial charge is 0.332 e. The molecule has 1 aromatic rings. The lowest BCUT2D eigenvalue weighted by Gasteiger charge is -2.23. The second kappa shape index (κ2) is 5.41. The molecule has 0 spiro atoms. The average molecular weight is 286 g/mol. The maximum Gasteiger partial charge on any atom is 0.332 e. The number of carboxylic acids is 1. The average Bonchev–Trinajstić information content (AvgIpc) is 2.83. The molecule has 1 fully saturated rings. The van der Waals surface area contributed by atoms with Crippen molar-refractivity contribution in [2.45, 2.75) is 12.0 Å². The zero-order valence-electron chi connectivity index (χ0n) is 10.3. The summed E-state index contributed by atoms with van der Waals surface area (Å²) in [5, 5.41) is 13.4. The quantitative estimate of drug-likeness (QED) is 0.782. The molecular formula is C12H12F2N2O4. The Morgan fingerprint density at radius 1 is 1.35 bits per heavy atom. The lowest BCUT2D eigenvalue weighted by atomic mass is 9.99. The molecule has 1 aliphatic rings. The number of carbonyl (C=O) groups is 2. The van der Waals surface area contributed by atoms with E-state index >= 15 is 0 Å². The Bertz CT molecular complexity index is 544. The summed E-state index contributed by atoms with van der Waals surface area (Å²) in [6.07, 6.45) is 0.0986. The van der Waals surface area contributed by atoms with Gasteiger partial charge in [-0.3, -0.25) is 0 Å². The number of rotatable bonds is 3. The van der Waals surface area contributed by atoms with Crippen molar-refractivity contribution < 1.29 is 28.2 Å². The summed E-state index contributed by atoms with van der Waals surface area (Å²) in [4.78, 5) is 22.9. The van der Waals surface area contributed by atoms with Crippen molar-refractivity contribution in [1.82, 2.24) is 5.32 Å². The molecule has 8 heteroatoms. The summed E-state index contributed by atoms with van der Waals surface area (Å²) in [6, 6.07) is 1.62. The van der Waals surface area contributed by atoms with Crippen LogP contribution in [0.25, 0.3) is 0 Å². The van der Waals surface area contributed by atoms with E-state index in [-0.39, 0.29) is 25.3 Å². The fraction of sp³-hybridized carbons (Fsp3) is 0.333. The Kier molecular flexibility index (Phi) is 3.84. The second-order valence-electron chi connectivity index (χ2n) is 4.39. The summed E-state index contributed by atoms with van der Waals surface area (Å²) >= 11 is 0. The van der Waals surface area contributed by atoms with Crippen molar-refractivity contribution in [1.29, 1.82) is 0 Å². The first kappa shape index (κ1) is 14.2. The molecular weight excluding hydrogens is 274 g/mol. The molecule has 6 nitrogen and oxygen atoms in total. The van der Waals surface area contributed by atoms with E-state index in [4.69, 9.17) is 9.84 Å². The van der Waals surface area contributed by atoms with E-state index in [1.54, 1.807) is 0 Å². The molecule has 2 rings (SSSR count). The third kappa shape index (κ3) is 2.85. The van der Waals surface area contributed by atoms with Gasteiger partial charge in [-0.2, -0.15) is 0 Å². The Hall–Kier alpha value is -2.22. The van der Waals surface area contributed by atoms with E-state index in [1.165, 1.54) is 0 Å². The molecule has 0 saturated carbocycles. The normalized spacial score (nSPS) is 21.5. The standard InChI is InChI=1S/C12H12F2N2O4/c13-7-1-2-8(14)9(5-7)15-11(19)16-12(10(17)18)3-4-20-6-12/h1-2,5H,3-4,6H2,(H,17,18)(H2,15,16,19). The number of halogens is 2. The van der Waals surface area contributed by atoms with Gasteiger partial charge >= 0.3 is 12.0 Å². The number of carbonyl (C=O) groups excluding carboxylic acids is 1. The fourth-order valence-corrected chi connectivity index (χ4v) is 1.85. The van der Waals surface area contributed by atoms with Gasteiger partial charge in [-0.25, -0.2) is 18.4 Å². The second-order valence-corrected chi connectivity index (χ2v) is 4.39. The van der Waals surface area contributed by atoms with E-state index in [9.17, 15) is 18.4 Å². The number of anilines is 1. The molecule has 1 unspecified atom stereocenters. The van der Waals surface area contributed by atoms with Gasteiger partial charge < -0.3 is 20.5 Å². The van der Waals surface area contributed by atoms with E-state index in [0.717, 1.165) is 18.2 Å². The molecule has 1 aliphatic heterocycles. The number of nitrogens with one attached hydrogen (secondary N) is 2. The topological polar surface area (TPSA) is 87.7 Å². The Labute approximate surface area is 112 Å². The molecule has 0 radical (unpaired) electrons. The van der Waals surface area contributed by atoms with Crippen LogP contribution in [0.4, 0.5) is 19.3 Å². The highest BCUT2D eigenvalue weighted by atomic mass is 19.1. The minimum Gasteiger partial charge on any atom is -0.479 e. The molecule has 1 aromatic carbocycles. The highest BCUT2D eigenvalue weighted by molar-refractivity contribution is 5.94. The zero-order chi connectivity index (χ0) is 14.8. The first-order valence-electron chi connectivity index (χ1n) is 5.78. The van der Waals surface area contributed by atoms with Gasteiger partial charge in [-0.1, -0.05) is 0 Å². The van der Waals surface area contributed by atoms with Gasteiger partial charge in [-0.05, 0) is 12.1 Å². The number of carboxylic acid groups (broad SMARTS) is 1. The van der Waals surface area contributed by atoms with Crippen LogP contribution in [0.2, 0.25) is 0 Å². The number of benzene rings is 1. The first-order chi connectivity index (χ1) is 9.43. The Morgan fingerprint density at radius 2 is 2.10 bits per heavy atom. The first-order valence-corrected chi connectivity index (χ1v) is 5.78. The number of urea groups is 1. The van der Waals surface area contributed by atoms with Crippen LogP contribution in [-0.2, 0) is 9.53 Å². The van der Waals surface area contributed by atoms with Crippen LogP contribution >= 0.6 is 0 Å². The number of aliphatic carboxylic acids is 1. The highest BCUT2D eigenvalue weighted by Gasteiger charge is 2.44. The summed E-state index contributed by atoms with van der Waals surface area (Å²) in [5.74, 6) is -2.79. The molecule has 1 saturated heterocycles. The van der Waals surface area contributed by atoms with Crippen molar-refractivity contribution in [2.75, 3.05) is 18.5 Å². The molecule has 20 heavy (non-hydrogen) atoms. The van der Waals surface area contributed by atoms with Crippen LogP contribution < -0.4 is 10.6 Å². The van der Waals surface area contributed by atoms with Crippen molar-refractivity contribution in [3.8, 4) is 0 Å². The molecule has 2 amide bonds. The van der Waals surface area contributed by atoms with Crippen LogP contribution in [0, 0.1) is 11.6 Å². The van der Waals surface area contributed by atoms with Crippen molar-refractivity contribution in [3.05, 3.63) is 29.8 Å². The van der Waals surface area contributed by atoms with Crippen LogP contribution in [0.15, 0.2) is 18.2 Å². The van der Waals surface area contributed by atoms with Gasteiger partial charge in [0.2, 0.25) is 0 Å². The molecule has 108 valence electrons. The van der Waals surface area contributed by atoms with Gasteiger partial charge in [0.15, 0.2) is 5.54 Å². The maximum absolute atomic E-state index is 13.3. The minimum absolute atomic E-state index is 0.0986. The van der Waals surface area contributed by atoms with Crippen LogP contribution in [0.1, 0.15) is 6.42 Å². The van der Waals surface area contributed by atoms with Gasteiger partial charge in [0, 0.05) is 19.1 Å². The van der Waals surface area contributed by atoms with Crippen LogP contribution in [0.3, 0.4) is 0 Å². The van der Waals surface area contributed by atoms with E-state index < -0.39 is 29.2 Å². The third-order valence-electron chi connectivity index (χ3n) is 2.96. The molecule has 3 N–H and O–H groups in total. The van der Waals surface area contributed by atoms with E-state index in [2.05, 4.69) is 10.6 Å². The molecule has 0 aromatic heterocycles. The monoisotopic (exact) mass is 286 g/mol. The number of amides is 2. The lowest BCUT2D eigenvalue weighted by molar-refractivity contribution is -0.144. The maximum atomic E-state index is 13.3. The van der Waals surface area contributed by atoms with E-state index in [1.807, 2.05) is 0 Å². The number of hydrogen-bond acceptors (Lipinski definition) is 3. The van der Waals surface area contributed by atoms with Gasteiger partial charge in [0.25, 0.3) is 0 Å². The minimum atomic E-state index is -1.55. The number of ether oxygens (including phenoxy) is 1. The molecule has 1 heterocycles. The predicted molar refractivity (Wildman–Crippen MR) is 64.3 cm³/mol.